The summed E-state index contributed by atoms with van der Waals surface area (Å²) in [6.07, 6.45) is -0.0997. The van der Waals surface area contributed by atoms with Gasteiger partial charge in [-0.15, -0.1) is 0 Å². The van der Waals surface area contributed by atoms with Crippen LogP contribution in [0.4, 0.5) is 4.39 Å². The molecule has 8 heteroatoms. The van der Waals surface area contributed by atoms with Gasteiger partial charge in [-0.1, -0.05) is 23.7 Å². The van der Waals surface area contributed by atoms with Crippen molar-refractivity contribution in [2.75, 3.05) is 6.54 Å². The number of nitrogens with zero attached hydrogens (tertiary/aromatic N) is 1. The molecule has 0 aliphatic carbocycles. The average molecular weight is 408 g/mol. The predicted octanol–water partition coefficient (Wildman–Crippen LogP) is 2.62. The molecular weight excluding hydrogens is 393 g/mol. The molecule has 0 bridgehead atoms. The second kappa shape index (κ2) is 6.14. The van der Waals surface area contributed by atoms with E-state index >= 15 is 0 Å². The standard InChI is InChI=1S/C19H15ClFNO4S/c20-14-3-7-16(8-4-14)27(25,26)19-10-17(23)22(19)11-13(18(19)24)9-12-1-5-15(21)6-2-12/h1-8,13H,9-11H2. The minimum Gasteiger partial charge on any atom is -0.315 e. The van der Waals surface area contributed by atoms with Gasteiger partial charge in [-0.05, 0) is 48.4 Å². The number of carbonyl (C=O) groups is 2. The van der Waals surface area contributed by atoms with Crippen molar-refractivity contribution in [2.24, 2.45) is 5.92 Å². The Labute approximate surface area is 160 Å². The molecule has 2 saturated heterocycles. The Bertz CT molecular complexity index is 1040. The van der Waals surface area contributed by atoms with Crippen LogP contribution >= 0.6 is 11.6 Å². The number of sulfone groups is 1. The monoisotopic (exact) mass is 407 g/mol. The molecule has 2 aromatic carbocycles. The number of ketones is 1. The molecule has 4 rings (SSSR count). The largest absolute Gasteiger partial charge is 0.315 e. The lowest BCUT2D eigenvalue weighted by Gasteiger charge is -2.44. The van der Waals surface area contributed by atoms with Crippen LogP contribution in [0.2, 0.25) is 5.02 Å². The summed E-state index contributed by atoms with van der Waals surface area (Å²) in [6, 6.07) is 11.2. The molecule has 0 spiro atoms. The maximum Gasteiger partial charge on any atom is 0.228 e. The summed E-state index contributed by atoms with van der Waals surface area (Å²) >= 11 is 5.82. The van der Waals surface area contributed by atoms with Crippen LogP contribution in [0.1, 0.15) is 12.0 Å². The molecule has 2 heterocycles. The fourth-order valence-corrected chi connectivity index (χ4v) is 6.06. The quantitative estimate of drug-likeness (QED) is 0.730. The van der Waals surface area contributed by atoms with E-state index in [4.69, 9.17) is 11.6 Å². The Morgan fingerprint density at radius 1 is 1.07 bits per heavy atom. The van der Waals surface area contributed by atoms with Crippen LogP contribution in [0.5, 0.6) is 0 Å². The highest BCUT2D eigenvalue weighted by Gasteiger charge is 2.70. The lowest BCUT2D eigenvalue weighted by Crippen LogP contribution is -2.67. The zero-order chi connectivity index (χ0) is 19.4. The minimum absolute atomic E-state index is 0.0415. The van der Waals surface area contributed by atoms with E-state index < -0.39 is 32.2 Å². The first kappa shape index (κ1) is 18.1. The normalized spacial score (nSPS) is 24.7. The molecule has 2 aromatic rings. The van der Waals surface area contributed by atoms with Gasteiger partial charge in [0, 0.05) is 17.5 Å². The fraction of sp³-hybridized carbons (Fsp3) is 0.263. The molecule has 140 valence electrons. The van der Waals surface area contributed by atoms with Crippen LogP contribution in [-0.4, -0.2) is 36.4 Å². The summed E-state index contributed by atoms with van der Waals surface area (Å²) in [5, 5.41) is 0.375. The molecule has 2 atom stereocenters. The molecule has 0 radical (unpaired) electrons. The molecule has 0 aromatic heterocycles. The van der Waals surface area contributed by atoms with E-state index in [1.54, 1.807) is 12.1 Å². The van der Waals surface area contributed by atoms with Crippen molar-refractivity contribution in [1.29, 1.82) is 0 Å². The summed E-state index contributed by atoms with van der Waals surface area (Å²) in [6.45, 7) is 0.0435. The maximum atomic E-state index is 13.2. The molecule has 0 N–H and O–H groups in total. The van der Waals surface area contributed by atoms with Crippen LogP contribution in [0.25, 0.3) is 0 Å². The highest BCUT2D eigenvalue weighted by molar-refractivity contribution is 7.93. The van der Waals surface area contributed by atoms with Crippen molar-refractivity contribution in [3.05, 3.63) is 64.9 Å². The molecule has 0 saturated carbocycles. The molecule has 5 nitrogen and oxygen atoms in total. The van der Waals surface area contributed by atoms with Gasteiger partial charge >= 0.3 is 0 Å². The SMILES string of the molecule is O=C1CC2(S(=O)(=O)c3ccc(Cl)cc3)C(=O)C(Cc3ccc(F)cc3)CN12. The van der Waals surface area contributed by atoms with E-state index in [9.17, 15) is 22.4 Å². The number of benzene rings is 2. The summed E-state index contributed by atoms with van der Waals surface area (Å²) in [7, 11) is -4.09. The Hall–Kier alpha value is -2.25. The van der Waals surface area contributed by atoms with E-state index in [1.807, 2.05) is 0 Å². The highest BCUT2D eigenvalue weighted by atomic mass is 35.5. The minimum atomic E-state index is -4.09. The predicted molar refractivity (Wildman–Crippen MR) is 96.3 cm³/mol. The van der Waals surface area contributed by atoms with Gasteiger partial charge in [0.15, 0.2) is 5.78 Å². The first-order valence-electron chi connectivity index (χ1n) is 8.35. The number of hydrogen-bond acceptors (Lipinski definition) is 4. The van der Waals surface area contributed by atoms with Crippen LogP contribution in [0.3, 0.4) is 0 Å². The zero-order valence-corrected chi connectivity index (χ0v) is 15.6. The number of amides is 1. The third-order valence-electron chi connectivity index (χ3n) is 5.25. The Morgan fingerprint density at radius 2 is 1.70 bits per heavy atom. The number of β-lactam (4-membered cyclic amide) rings is 1. The Balaban J connectivity index is 1.69. The Kier molecular flexibility index (Phi) is 4.12. The van der Waals surface area contributed by atoms with Crippen molar-refractivity contribution in [3.63, 3.8) is 0 Å². The highest BCUT2D eigenvalue weighted by Crippen LogP contribution is 2.48. The van der Waals surface area contributed by atoms with Crippen molar-refractivity contribution in [3.8, 4) is 0 Å². The first-order chi connectivity index (χ1) is 12.8. The van der Waals surface area contributed by atoms with Gasteiger partial charge in [0.1, 0.15) is 5.82 Å². The van der Waals surface area contributed by atoms with Gasteiger partial charge < -0.3 is 4.90 Å². The van der Waals surface area contributed by atoms with Gasteiger partial charge in [0.2, 0.25) is 20.6 Å². The molecular formula is C19H15ClFNO4S. The van der Waals surface area contributed by atoms with Crippen LogP contribution in [0.15, 0.2) is 53.4 Å². The third kappa shape index (κ3) is 2.60. The van der Waals surface area contributed by atoms with Crippen LogP contribution in [0, 0.1) is 11.7 Å². The second-order valence-electron chi connectivity index (χ2n) is 6.81. The van der Waals surface area contributed by atoms with E-state index in [1.165, 1.54) is 36.4 Å². The maximum absolute atomic E-state index is 13.2. The zero-order valence-electron chi connectivity index (χ0n) is 14.1. The van der Waals surface area contributed by atoms with Crippen molar-refractivity contribution in [2.45, 2.75) is 22.6 Å². The number of rotatable bonds is 4. The van der Waals surface area contributed by atoms with Gasteiger partial charge in [0.05, 0.1) is 11.3 Å². The fourth-order valence-electron chi connectivity index (χ4n) is 3.84. The Morgan fingerprint density at radius 3 is 2.30 bits per heavy atom. The van der Waals surface area contributed by atoms with Crippen molar-refractivity contribution in [1.82, 2.24) is 4.90 Å². The number of halogens is 2. The van der Waals surface area contributed by atoms with Crippen molar-refractivity contribution < 1.29 is 22.4 Å². The topological polar surface area (TPSA) is 71.5 Å². The second-order valence-corrected chi connectivity index (χ2v) is 9.40. The van der Waals surface area contributed by atoms with Gasteiger partial charge in [-0.25, -0.2) is 12.8 Å². The molecule has 2 aliphatic heterocycles. The van der Waals surface area contributed by atoms with Crippen LogP contribution < -0.4 is 0 Å². The molecule has 1 amide bonds. The van der Waals surface area contributed by atoms with E-state index in [0.29, 0.717) is 10.6 Å². The average Bonchev–Trinajstić information content (AvgIpc) is 2.86. The number of hydrogen-bond donors (Lipinski definition) is 0. The van der Waals surface area contributed by atoms with Gasteiger partial charge in [0.25, 0.3) is 0 Å². The molecule has 27 heavy (non-hydrogen) atoms. The number of fused-ring (bicyclic) bond motifs is 1. The van der Waals surface area contributed by atoms with Crippen molar-refractivity contribution >= 4 is 33.1 Å². The first-order valence-corrected chi connectivity index (χ1v) is 10.2. The van der Waals surface area contributed by atoms with Gasteiger partial charge in [-0.3, -0.25) is 9.59 Å². The molecule has 2 fully saturated rings. The smallest absolute Gasteiger partial charge is 0.228 e. The number of carbonyl (C=O) groups excluding carboxylic acids is 2. The molecule has 2 unspecified atom stereocenters. The third-order valence-corrected chi connectivity index (χ3v) is 7.85. The van der Waals surface area contributed by atoms with E-state index in [-0.39, 0.29) is 30.2 Å². The summed E-state index contributed by atoms with van der Waals surface area (Å²) in [4.78, 5) is 24.5. The summed E-state index contributed by atoms with van der Waals surface area (Å²) in [5.74, 6) is -1.88. The summed E-state index contributed by atoms with van der Waals surface area (Å²) < 4.78 is 39.5. The lowest BCUT2D eigenvalue weighted by molar-refractivity contribution is -0.150. The van der Waals surface area contributed by atoms with Gasteiger partial charge in [-0.2, -0.15) is 0 Å². The number of Topliss-reactive ketones (excluding diaryl/α,β-unsaturated/α-hetero) is 1. The van der Waals surface area contributed by atoms with E-state index in [0.717, 1.165) is 4.90 Å². The molecule has 2 aliphatic rings. The lowest BCUT2D eigenvalue weighted by atomic mass is 9.93. The summed E-state index contributed by atoms with van der Waals surface area (Å²) in [5.41, 5.74) is 0.712. The van der Waals surface area contributed by atoms with Crippen LogP contribution in [-0.2, 0) is 25.8 Å². The van der Waals surface area contributed by atoms with E-state index in [2.05, 4.69) is 0 Å².